The van der Waals surface area contributed by atoms with Gasteiger partial charge in [0.2, 0.25) is 0 Å². The van der Waals surface area contributed by atoms with Crippen molar-refractivity contribution in [2.75, 3.05) is 4.90 Å². The Morgan fingerprint density at radius 1 is 1.25 bits per heavy atom. The molecule has 1 saturated heterocycles. The number of thiocarbonyl (C=S) groups is 1. The van der Waals surface area contributed by atoms with Gasteiger partial charge < -0.3 is 4.90 Å². The predicted octanol–water partition coefficient (Wildman–Crippen LogP) is 5.86. The van der Waals surface area contributed by atoms with Gasteiger partial charge in [0.15, 0.2) is 17.3 Å². The van der Waals surface area contributed by atoms with Crippen LogP contribution >= 0.6 is 12.2 Å². The molecule has 1 atom stereocenters. The molecule has 0 radical (unpaired) electrons. The smallest absolute Gasteiger partial charge is 0.190 e. The quantitative estimate of drug-likeness (QED) is 0.281. The molecule has 1 N–H and O–H groups in total. The van der Waals surface area contributed by atoms with Crippen molar-refractivity contribution in [2.24, 2.45) is 0 Å². The number of benzene rings is 2. The second-order valence-corrected chi connectivity index (χ2v) is 9.76. The van der Waals surface area contributed by atoms with Gasteiger partial charge in [0, 0.05) is 29.3 Å². The summed E-state index contributed by atoms with van der Waals surface area (Å²) in [6.45, 7) is 14.6. The minimum atomic E-state index is -1.02. The number of ketones is 1. The molecule has 3 heterocycles. The van der Waals surface area contributed by atoms with Crippen LogP contribution in [0.1, 0.15) is 43.6 Å². The average Bonchev–Trinajstić information content (AvgIpc) is 3.44. The highest BCUT2D eigenvalue weighted by molar-refractivity contribution is 7.80. The molecule has 2 aromatic heterocycles. The van der Waals surface area contributed by atoms with E-state index < -0.39 is 17.3 Å². The zero-order valence-electron chi connectivity index (χ0n) is 20.3. The van der Waals surface area contributed by atoms with Gasteiger partial charge in [-0.25, -0.2) is 19.2 Å². The SMILES string of the molecule is [C-]#[N+]c1ccc(C2C(=O)C(C)(C)N(c3cc(F)c4nc(CC)nc(-c5cn[nH]c5)c4c3)C2=S)cc1C. The summed E-state index contributed by atoms with van der Waals surface area (Å²) in [5, 5.41) is 7.31. The summed E-state index contributed by atoms with van der Waals surface area (Å²) in [6.07, 6.45) is 3.88. The average molecular weight is 499 g/mol. The monoisotopic (exact) mass is 498 g/mol. The highest BCUT2D eigenvalue weighted by Gasteiger charge is 2.51. The lowest BCUT2D eigenvalue weighted by Gasteiger charge is -2.32. The molecule has 0 bridgehead atoms. The van der Waals surface area contributed by atoms with Gasteiger partial charge in [-0.3, -0.25) is 9.89 Å². The molecule has 1 unspecified atom stereocenters. The molecule has 4 aromatic rings. The number of fused-ring (bicyclic) bond motifs is 1. The number of carbonyl (C=O) groups excluding carboxylic acids is 1. The van der Waals surface area contributed by atoms with Crippen LogP contribution in [0.5, 0.6) is 0 Å². The van der Waals surface area contributed by atoms with E-state index in [1.54, 1.807) is 49.3 Å². The Hall–Kier alpha value is -4.03. The summed E-state index contributed by atoms with van der Waals surface area (Å²) in [5.74, 6) is -0.762. The van der Waals surface area contributed by atoms with E-state index in [2.05, 4.69) is 25.0 Å². The van der Waals surface area contributed by atoms with Crippen LogP contribution in [0.3, 0.4) is 0 Å². The number of rotatable bonds is 4. The lowest BCUT2D eigenvalue weighted by atomic mass is 9.88. The third-order valence-electron chi connectivity index (χ3n) is 6.70. The molecule has 9 heteroatoms. The van der Waals surface area contributed by atoms with E-state index in [0.29, 0.717) is 45.3 Å². The molecular formula is C27H23FN6OS. The minimum absolute atomic E-state index is 0.0874. The largest absolute Gasteiger partial charge is 0.322 e. The Labute approximate surface area is 213 Å². The topological polar surface area (TPSA) is 79.1 Å². The molecule has 0 spiro atoms. The molecule has 180 valence electrons. The normalized spacial score (nSPS) is 17.1. The lowest BCUT2D eigenvalue weighted by Crippen LogP contribution is -2.44. The van der Waals surface area contributed by atoms with Crippen LogP contribution in [0, 0.1) is 19.3 Å². The summed E-state index contributed by atoms with van der Waals surface area (Å²) < 4.78 is 15.6. The molecule has 1 aliphatic heterocycles. The molecule has 0 amide bonds. The summed E-state index contributed by atoms with van der Waals surface area (Å²) in [6, 6.07) is 8.48. The third kappa shape index (κ3) is 3.57. The molecule has 0 saturated carbocycles. The van der Waals surface area contributed by atoms with E-state index in [4.69, 9.17) is 18.8 Å². The van der Waals surface area contributed by atoms with Crippen molar-refractivity contribution in [1.82, 2.24) is 20.2 Å². The predicted molar refractivity (Wildman–Crippen MR) is 141 cm³/mol. The Bertz CT molecular complexity index is 1590. The van der Waals surface area contributed by atoms with Gasteiger partial charge in [-0.15, -0.1) is 0 Å². The molecule has 36 heavy (non-hydrogen) atoms. The van der Waals surface area contributed by atoms with Crippen LogP contribution in [0.2, 0.25) is 0 Å². The van der Waals surface area contributed by atoms with Crippen molar-refractivity contribution >= 4 is 45.3 Å². The van der Waals surface area contributed by atoms with Gasteiger partial charge in [0.25, 0.3) is 0 Å². The Balaban J connectivity index is 1.68. The van der Waals surface area contributed by atoms with E-state index in [9.17, 15) is 4.79 Å². The first-order valence-corrected chi connectivity index (χ1v) is 11.9. The van der Waals surface area contributed by atoms with Crippen LogP contribution in [0.4, 0.5) is 15.8 Å². The van der Waals surface area contributed by atoms with Gasteiger partial charge in [0.1, 0.15) is 11.3 Å². The number of hydrogen-bond donors (Lipinski definition) is 1. The van der Waals surface area contributed by atoms with Crippen LogP contribution in [-0.4, -0.2) is 36.5 Å². The van der Waals surface area contributed by atoms with Crippen molar-refractivity contribution in [3.05, 3.63) is 76.9 Å². The molecular weight excluding hydrogens is 475 g/mol. The minimum Gasteiger partial charge on any atom is -0.322 e. The summed E-state index contributed by atoms with van der Waals surface area (Å²) in [5.41, 5.74) is 2.94. The summed E-state index contributed by atoms with van der Waals surface area (Å²) in [4.78, 5) is 28.4. The van der Waals surface area contributed by atoms with Crippen LogP contribution < -0.4 is 4.90 Å². The van der Waals surface area contributed by atoms with Crippen molar-refractivity contribution < 1.29 is 9.18 Å². The van der Waals surface area contributed by atoms with Gasteiger partial charge in [0.05, 0.1) is 34.9 Å². The lowest BCUT2D eigenvalue weighted by molar-refractivity contribution is -0.121. The Morgan fingerprint density at radius 2 is 2.03 bits per heavy atom. The second-order valence-electron chi connectivity index (χ2n) is 9.34. The molecule has 1 fully saturated rings. The highest BCUT2D eigenvalue weighted by Crippen LogP contribution is 2.43. The highest BCUT2D eigenvalue weighted by atomic mass is 32.1. The number of aromatic amines is 1. The second kappa shape index (κ2) is 8.57. The van der Waals surface area contributed by atoms with E-state index in [1.807, 2.05) is 19.9 Å². The number of halogens is 1. The maximum absolute atomic E-state index is 15.6. The summed E-state index contributed by atoms with van der Waals surface area (Å²) >= 11 is 5.85. The zero-order valence-corrected chi connectivity index (χ0v) is 21.1. The van der Waals surface area contributed by atoms with Crippen molar-refractivity contribution in [1.29, 1.82) is 0 Å². The van der Waals surface area contributed by atoms with E-state index in [-0.39, 0.29) is 11.3 Å². The Morgan fingerprint density at radius 3 is 2.67 bits per heavy atom. The van der Waals surface area contributed by atoms with E-state index in [1.165, 1.54) is 6.07 Å². The standard InChI is InChI=1S/C27H23FN6OS/c1-6-21-32-23(16-12-30-31-13-16)18-10-17(11-19(28)24(18)33-21)34-26(36)22(25(35)27(34,3)4)15-7-8-20(29-5)14(2)9-15/h7-13,22H,6H2,1-4H3,(H,30,31). The maximum Gasteiger partial charge on any atom is 0.190 e. The van der Waals surface area contributed by atoms with Gasteiger partial charge in [-0.05, 0) is 44.0 Å². The van der Waals surface area contributed by atoms with Crippen LogP contribution in [-0.2, 0) is 11.2 Å². The van der Waals surface area contributed by atoms with Gasteiger partial charge in [-0.2, -0.15) is 5.10 Å². The number of aryl methyl sites for hydroxylation is 2. The zero-order chi connectivity index (χ0) is 25.8. The number of anilines is 1. The molecule has 7 nitrogen and oxygen atoms in total. The Kier molecular flexibility index (Phi) is 5.64. The molecule has 1 aliphatic rings. The number of hydrogen-bond acceptors (Lipinski definition) is 5. The number of nitrogens with zero attached hydrogens (tertiary/aromatic N) is 5. The molecule has 2 aromatic carbocycles. The van der Waals surface area contributed by atoms with E-state index in [0.717, 1.165) is 11.1 Å². The maximum atomic E-state index is 15.6. The van der Waals surface area contributed by atoms with Gasteiger partial charge in [-0.1, -0.05) is 37.3 Å². The third-order valence-corrected chi connectivity index (χ3v) is 7.12. The number of Topliss-reactive ketones (excluding diaryl/α,β-unsaturated/α-hetero) is 1. The van der Waals surface area contributed by atoms with Crippen LogP contribution in [0.15, 0.2) is 42.7 Å². The fourth-order valence-corrected chi connectivity index (χ4v) is 5.39. The van der Waals surface area contributed by atoms with Gasteiger partial charge >= 0.3 is 0 Å². The van der Waals surface area contributed by atoms with Crippen LogP contribution in [0.25, 0.3) is 27.0 Å². The number of aromatic nitrogens is 4. The fourth-order valence-electron chi connectivity index (χ4n) is 4.82. The molecule has 5 rings (SSSR count). The number of carbonyl (C=O) groups is 1. The molecule has 0 aliphatic carbocycles. The van der Waals surface area contributed by atoms with E-state index >= 15 is 4.39 Å². The first-order chi connectivity index (χ1) is 17.2. The first kappa shape index (κ1) is 23.7. The van der Waals surface area contributed by atoms with Crippen molar-refractivity contribution in [3.8, 4) is 11.3 Å². The van der Waals surface area contributed by atoms with Crippen molar-refractivity contribution in [2.45, 2.75) is 45.6 Å². The summed E-state index contributed by atoms with van der Waals surface area (Å²) in [7, 11) is 0. The number of H-pyrrole nitrogens is 1. The van der Waals surface area contributed by atoms with Crippen molar-refractivity contribution in [3.63, 3.8) is 0 Å². The number of nitrogens with one attached hydrogen (secondary N) is 1. The fraction of sp³-hybridized carbons (Fsp3) is 0.259. The first-order valence-electron chi connectivity index (χ1n) is 11.5.